The van der Waals surface area contributed by atoms with Crippen LogP contribution < -0.4 is 9.47 Å². The highest BCUT2D eigenvalue weighted by atomic mass is 16.5. The molecule has 0 N–H and O–H groups in total. The normalized spacial score (nSPS) is 15.5. The van der Waals surface area contributed by atoms with Crippen LogP contribution in [0.2, 0.25) is 0 Å². The third-order valence-electron chi connectivity index (χ3n) is 5.32. The fraction of sp³-hybridized carbons (Fsp3) is 0.409. The number of carbonyl (C=O) groups is 1. The van der Waals surface area contributed by atoms with E-state index in [9.17, 15) is 4.79 Å². The van der Waals surface area contributed by atoms with Crippen molar-refractivity contribution in [3.05, 3.63) is 48.2 Å². The number of aromatic nitrogens is 4. The molecule has 1 saturated heterocycles. The number of carbonyl (C=O) groups excluding carboxylic acids is 1. The molecule has 162 valence electrons. The Morgan fingerprint density at radius 2 is 1.97 bits per heavy atom. The molecule has 1 aliphatic heterocycles. The molecule has 31 heavy (non-hydrogen) atoms. The molecule has 9 heteroatoms. The van der Waals surface area contributed by atoms with Crippen molar-refractivity contribution in [2.24, 2.45) is 0 Å². The number of amides is 1. The minimum absolute atomic E-state index is 0.0370. The Labute approximate surface area is 180 Å². The maximum Gasteiger partial charge on any atom is 0.278 e. The molecule has 1 atom stereocenters. The Morgan fingerprint density at radius 3 is 2.68 bits per heavy atom. The van der Waals surface area contributed by atoms with Crippen molar-refractivity contribution < 1.29 is 18.8 Å². The Bertz CT molecular complexity index is 1030. The van der Waals surface area contributed by atoms with E-state index in [1.807, 2.05) is 30.0 Å². The van der Waals surface area contributed by atoms with Crippen molar-refractivity contribution in [1.82, 2.24) is 25.0 Å². The van der Waals surface area contributed by atoms with Gasteiger partial charge in [-0.1, -0.05) is 11.2 Å². The first kappa shape index (κ1) is 20.8. The number of hydrogen-bond acceptors (Lipinski definition) is 8. The number of ether oxygens (including phenoxy) is 2. The van der Waals surface area contributed by atoms with E-state index in [0.717, 1.165) is 18.5 Å². The fourth-order valence-corrected chi connectivity index (χ4v) is 3.55. The molecule has 9 nitrogen and oxygen atoms in total. The second kappa shape index (κ2) is 9.11. The summed E-state index contributed by atoms with van der Waals surface area (Å²) in [5.74, 6) is 2.40. The van der Waals surface area contributed by atoms with Crippen LogP contribution in [0, 0.1) is 6.92 Å². The fourth-order valence-electron chi connectivity index (χ4n) is 3.55. The number of piperidine rings is 1. The number of aryl methyl sites for hydroxylation is 1. The van der Waals surface area contributed by atoms with Gasteiger partial charge in [-0.2, -0.15) is 4.98 Å². The molecule has 0 radical (unpaired) electrons. The zero-order valence-electron chi connectivity index (χ0n) is 17.8. The van der Waals surface area contributed by atoms with Crippen LogP contribution in [0.3, 0.4) is 0 Å². The van der Waals surface area contributed by atoms with Gasteiger partial charge >= 0.3 is 0 Å². The lowest BCUT2D eigenvalue weighted by molar-refractivity contribution is -0.139. The van der Waals surface area contributed by atoms with Gasteiger partial charge in [0.15, 0.2) is 11.9 Å². The number of nitrogens with zero attached hydrogens (tertiary/aromatic N) is 5. The average molecular weight is 423 g/mol. The Balaban J connectivity index is 1.33. The molecule has 0 spiro atoms. The summed E-state index contributed by atoms with van der Waals surface area (Å²) in [6.45, 7) is 4.86. The van der Waals surface area contributed by atoms with Crippen LogP contribution in [0.1, 0.15) is 37.2 Å². The maximum absolute atomic E-state index is 12.8. The highest BCUT2D eigenvalue weighted by Gasteiger charge is 2.30. The van der Waals surface area contributed by atoms with Crippen molar-refractivity contribution in [2.75, 3.05) is 20.2 Å². The largest absolute Gasteiger partial charge is 0.497 e. The molecule has 3 aromatic rings. The van der Waals surface area contributed by atoms with E-state index >= 15 is 0 Å². The van der Waals surface area contributed by atoms with E-state index < -0.39 is 6.10 Å². The Kier molecular flexibility index (Phi) is 6.11. The van der Waals surface area contributed by atoms with Crippen molar-refractivity contribution in [1.29, 1.82) is 0 Å². The molecule has 0 bridgehead atoms. The second-order valence-corrected chi connectivity index (χ2v) is 7.54. The van der Waals surface area contributed by atoms with Gasteiger partial charge in [0.2, 0.25) is 0 Å². The predicted molar refractivity (Wildman–Crippen MR) is 112 cm³/mol. The smallest absolute Gasteiger partial charge is 0.278 e. The average Bonchev–Trinajstić information content (AvgIpc) is 3.29. The lowest BCUT2D eigenvalue weighted by atomic mass is 9.96. The molecule has 3 heterocycles. The van der Waals surface area contributed by atoms with E-state index in [1.165, 1.54) is 0 Å². The van der Waals surface area contributed by atoms with Crippen LogP contribution in [-0.4, -0.2) is 57.2 Å². The van der Waals surface area contributed by atoms with Crippen LogP contribution in [0.15, 0.2) is 41.2 Å². The van der Waals surface area contributed by atoms with Gasteiger partial charge in [0, 0.05) is 31.3 Å². The van der Waals surface area contributed by atoms with Crippen LogP contribution in [0.5, 0.6) is 11.5 Å². The maximum atomic E-state index is 12.8. The molecular weight excluding hydrogens is 398 g/mol. The number of likely N-dealkylation sites (tertiary alicyclic amines) is 1. The van der Waals surface area contributed by atoms with Gasteiger partial charge in [-0.15, -0.1) is 0 Å². The summed E-state index contributed by atoms with van der Waals surface area (Å²) in [7, 11) is 1.60. The first-order valence-electron chi connectivity index (χ1n) is 10.3. The highest BCUT2D eigenvalue weighted by molar-refractivity contribution is 5.81. The number of rotatable bonds is 6. The summed E-state index contributed by atoms with van der Waals surface area (Å²) in [6, 6.07) is 7.24. The molecule has 0 aliphatic carbocycles. The zero-order chi connectivity index (χ0) is 21.8. The lowest BCUT2D eigenvalue weighted by Gasteiger charge is -2.32. The highest BCUT2D eigenvalue weighted by Crippen LogP contribution is 2.28. The topological polar surface area (TPSA) is 103 Å². The van der Waals surface area contributed by atoms with Gasteiger partial charge < -0.3 is 18.9 Å². The number of benzene rings is 1. The monoisotopic (exact) mass is 423 g/mol. The van der Waals surface area contributed by atoms with Crippen molar-refractivity contribution >= 4 is 5.91 Å². The van der Waals surface area contributed by atoms with Gasteiger partial charge in [-0.3, -0.25) is 9.78 Å². The molecule has 4 rings (SSSR count). The van der Waals surface area contributed by atoms with E-state index in [2.05, 4.69) is 20.1 Å². The lowest BCUT2D eigenvalue weighted by Crippen LogP contribution is -2.44. The van der Waals surface area contributed by atoms with E-state index in [1.54, 1.807) is 32.5 Å². The summed E-state index contributed by atoms with van der Waals surface area (Å²) in [5.41, 5.74) is 1.38. The summed E-state index contributed by atoms with van der Waals surface area (Å²) in [6.07, 6.45) is 4.22. The first-order chi connectivity index (χ1) is 15.0. The Hall–Kier alpha value is -3.49. The number of hydrogen-bond donors (Lipinski definition) is 0. The van der Waals surface area contributed by atoms with Crippen LogP contribution in [0.25, 0.3) is 11.6 Å². The van der Waals surface area contributed by atoms with Crippen LogP contribution >= 0.6 is 0 Å². The van der Waals surface area contributed by atoms with E-state index in [0.29, 0.717) is 42.0 Å². The SMILES string of the molecule is COc1cccc(OC(C)C(=O)N2CCC(c3noc(-c4cnc(C)cn4)n3)CC2)c1. The molecule has 1 aromatic carbocycles. The summed E-state index contributed by atoms with van der Waals surface area (Å²) >= 11 is 0. The molecule has 1 unspecified atom stereocenters. The minimum atomic E-state index is -0.583. The van der Waals surface area contributed by atoms with Crippen LogP contribution in [-0.2, 0) is 4.79 Å². The Morgan fingerprint density at radius 1 is 1.19 bits per heavy atom. The predicted octanol–water partition coefficient (Wildman–Crippen LogP) is 3.02. The van der Waals surface area contributed by atoms with Gasteiger partial charge in [0.1, 0.15) is 17.2 Å². The minimum Gasteiger partial charge on any atom is -0.497 e. The number of methoxy groups -OCH3 is 1. The summed E-state index contributed by atoms with van der Waals surface area (Å²) in [5, 5.41) is 4.12. The molecule has 1 aliphatic rings. The van der Waals surface area contributed by atoms with E-state index in [4.69, 9.17) is 14.0 Å². The second-order valence-electron chi connectivity index (χ2n) is 7.54. The molecule has 1 fully saturated rings. The van der Waals surface area contributed by atoms with E-state index in [-0.39, 0.29) is 11.8 Å². The van der Waals surface area contributed by atoms with Crippen molar-refractivity contribution in [3.63, 3.8) is 0 Å². The molecule has 0 saturated carbocycles. The van der Waals surface area contributed by atoms with Gasteiger partial charge in [0.05, 0.1) is 19.0 Å². The third-order valence-corrected chi connectivity index (χ3v) is 5.32. The van der Waals surface area contributed by atoms with Gasteiger partial charge in [-0.25, -0.2) is 4.98 Å². The van der Waals surface area contributed by atoms with Crippen molar-refractivity contribution in [2.45, 2.75) is 38.7 Å². The molecular formula is C22H25N5O4. The van der Waals surface area contributed by atoms with Gasteiger partial charge in [-0.05, 0) is 38.8 Å². The molecule has 2 aromatic heterocycles. The van der Waals surface area contributed by atoms with Gasteiger partial charge in [0.25, 0.3) is 11.8 Å². The summed E-state index contributed by atoms with van der Waals surface area (Å²) < 4.78 is 16.4. The quantitative estimate of drug-likeness (QED) is 0.596. The first-order valence-corrected chi connectivity index (χ1v) is 10.3. The standard InChI is InChI=1S/C22H25N5O4/c1-14-12-24-19(13-23-14)21-25-20(26-31-21)16-7-9-27(10-8-16)22(28)15(2)30-18-6-4-5-17(11-18)29-3/h4-6,11-13,15-16H,7-10H2,1-3H3. The summed E-state index contributed by atoms with van der Waals surface area (Å²) in [4.78, 5) is 27.6. The van der Waals surface area contributed by atoms with Crippen molar-refractivity contribution in [3.8, 4) is 23.1 Å². The molecule has 1 amide bonds. The van der Waals surface area contributed by atoms with Crippen LogP contribution in [0.4, 0.5) is 0 Å². The third kappa shape index (κ3) is 4.82. The zero-order valence-corrected chi connectivity index (χ0v) is 17.8.